The van der Waals surface area contributed by atoms with Gasteiger partial charge in [-0.15, -0.1) is 0 Å². The topological polar surface area (TPSA) is 134 Å². The fraction of sp³-hybridized carbons (Fsp3) is 0.452. The second-order valence-corrected chi connectivity index (χ2v) is 15.9. The third-order valence-electron chi connectivity index (χ3n) is 12.5. The van der Waals surface area contributed by atoms with Crippen molar-refractivity contribution in [1.29, 1.82) is 5.26 Å². The van der Waals surface area contributed by atoms with Gasteiger partial charge >= 0.3 is 0 Å². The number of phenols is 1. The van der Waals surface area contributed by atoms with Crippen molar-refractivity contribution in [2.24, 2.45) is 5.92 Å². The maximum absolute atomic E-state index is 17.8. The normalized spacial score (nSPS) is 21.1. The van der Waals surface area contributed by atoms with Gasteiger partial charge in [-0.2, -0.15) is 5.26 Å². The van der Waals surface area contributed by atoms with Crippen LogP contribution in [-0.4, -0.2) is 118 Å². The summed E-state index contributed by atoms with van der Waals surface area (Å²) in [6.07, 6.45) is 2.22. The van der Waals surface area contributed by atoms with Crippen molar-refractivity contribution in [2.75, 3.05) is 64.8 Å². The van der Waals surface area contributed by atoms with E-state index in [1.165, 1.54) is 0 Å². The lowest BCUT2D eigenvalue weighted by molar-refractivity contribution is -0.138. The molecular weight excluding hydrogens is 698 g/mol. The first-order valence-corrected chi connectivity index (χ1v) is 19.4. The SMILES string of the molecule is CC(=O)N1CCN(C(=O)CCc2nc3c(N4CC(N(C)C)C4)nc4c(F)c(-c5cc(O)cc6ccccc56)c(CCC#N)cc4c3n2C2C3CNC2C3)CC1. The van der Waals surface area contributed by atoms with Crippen molar-refractivity contribution in [1.82, 2.24) is 34.6 Å². The zero-order valence-electron chi connectivity index (χ0n) is 31.6. The minimum atomic E-state index is -0.488. The number of aromatic hydroxyl groups is 1. The standard InChI is InChI=1S/C42H46FN9O3/c1-24(53)49-13-15-50(16-14-49)35(55)11-10-34-46-39-41(52(34)40-27-19-33(40)45-21-27)32-18-26(8-6-12-44)36(31-20-29(54)17-25-7-4-5-9-30(25)31)37(43)38(32)47-42(39)51-22-28(23-51)48(2)3/h4-5,7,9,17-18,20,27-28,33,40,45,54H,6,8,10-11,13-16,19,21-23H2,1-3H3. The number of halogens is 1. The van der Waals surface area contributed by atoms with Crippen LogP contribution in [0, 0.1) is 23.1 Å². The quantitative estimate of drug-likeness (QED) is 0.222. The number of nitrogens with zero attached hydrogens (tertiary/aromatic N) is 8. The van der Waals surface area contributed by atoms with Crippen LogP contribution in [0.25, 0.3) is 43.8 Å². The summed E-state index contributed by atoms with van der Waals surface area (Å²) in [6.45, 7) is 5.96. The number of likely N-dealkylation sites (N-methyl/N-ethyl adjacent to an activating group) is 1. The molecule has 10 rings (SSSR count). The van der Waals surface area contributed by atoms with Crippen LogP contribution in [-0.2, 0) is 22.4 Å². The van der Waals surface area contributed by atoms with Gasteiger partial charge in [0, 0.05) is 95.0 Å². The number of benzene rings is 3. The van der Waals surface area contributed by atoms with Crippen LogP contribution in [0.2, 0.25) is 0 Å². The molecule has 2 aromatic heterocycles. The van der Waals surface area contributed by atoms with Crippen LogP contribution in [0.15, 0.2) is 42.5 Å². The summed E-state index contributed by atoms with van der Waals surface area (Å²) in [4.78, 5) is 44.0. The fourth-order valence-corrected chi connectivity index (χ4v) is 9.37. The van der Waals surface area contributed by atoms with Gasteiger partial charge in [-0.05, 0) is 73.0 Å². The second kappa shape index (κ2) is 13.8. The number of imidazole rings is 1. The van der Waals surface area contributed by atoms with Gasteiger partial charge in [0.25, 0.3) is 0 Å². The van der Waals surface area contributed by atoms with E-state index in [9.17, 15) is 20.0 Å². The van der Waals surface area contributed by atoms with Gasteiger partial charge in [0.15, 0.2) is 11.6 Å². The van der Waals surface area contributed by atoms with Gasteiger partial charge < -0.3 is 34.6 Å². The van der Waals surface area contributed by atoms with E-state index in [0.717, 1.165) is 48.2 Å². The lowest BCUT2D eigenvalue weighted by Gasteiger charge is -2.43. The first-order valence-electron chi connectivity index (χ1n) is 19.4. The number of nitriles is 1. The molecule has 5 fully saturated rings. The number of hydrogen-bond acceptors (Lipinski definition) is 9. The molecule has 2 N–H and O–H groups in total. The van der Waals surface area contributed by atoms with E-state index in [4.69, 9.17) is 9.97 Å². The Hall–Kier alpha value is -5.32. The maximum Gasteiger partial charge on any atom is 0.223 e. The number of carbonyl (C=O) groups is 2. The molecule has 2 amide bonds. The molecule has 4 aliphatic heterocycles. The van der Waals surface area contributed by atoms with Gasteiger partial charge in [-0.25, -0.2) is 14.4 Å². The molecule has 3 atom stereocenters. The van der Waals surface area contributed by atoms with Gasteiger partial charge in [-0.1, -0.05) is 24.3 Å². The number of hydrogen-bond donors (Lipinski definition) is 2. The molecule has 2 bridgehead atoms. The maximum atomic E-state index is 17.8. The lowest BCUT2D eigenvalue weighted by atomic mass is 9.79. The molecule has 12 nitrogen and oxygen atoms in total. The molecule has 1 saturated carbocycles. The molecule has 284 valence electrons. The van der Waals surface area contributed by atoms with E-state index in [1.807, 2.05) is 35.2 Å². The first kappa shape index (κ1) is 35.4. The predicted molar refractivity (Wildman–Crippen MR) is 209 cm³/mol. The highest BCUT2D eigenvalue weighted by atomic mass is 19.1. The molecule has 5 aliphatic rings. The number of aryl methyl sites for hydroxylation is 2. The third kappa shape index (κ3) is 5.94. The minimum Gasteiger partial charge on any atom is -0.508 e. The summed E-state index contributed by atoms with van der Waals surface area (Å²) in [6, 6.07) is 15.8. The molecule has 13 heteroatoms. The van der Waals surface area contributed by atoms with Crippen LogP contribution < -0.4 is 10.2 Å². The number of fused-ring (bicyclic) bond motifs is 5. The van der Waals surface area contributed by atoms with Gasteiger partial charge in [0.1, 0.15) is 22.6 Å². The highest BCUT2D eigenvalue weighted by Crippen LogP contribution is 2.49. The van der Waals surface area contributed by atoms with Crippen LogP contribution in [0.1, 0.15) is 43.6 Å². The highest BCUT2D eigenvalue weighted by molar-refractivity contribution is 6.10. The molecule has 5 aromatic rings. The van der Waals surface area contributed by atoms with Crippen LogP contribution in [0.4, 0.5) is 10.2 Å². The van der Waals surface area contributed by atoms with E-state index >= 15 is 4.39 Å². The number of nitrogens with one attached hydrogen (secondary N) is 1. The van der Waals surface area contributed by atoms with Crippen molar-refractivity contribution >= 4 is 50.3 Å². The minimum absolute atomic E-state index is 0.0231. The van der Waals surface area contributed by atoms with Gasteiger partial charge in [0.05, 0.1) is 17.6 Å². The van der Waals surface area contributed by atoms with Gasteiger partial charge in [0.2, 0.25) is 11.8 Å². The zero-order chi connectivity index (χ0) is 38.1. The Labute approximate surface area is 319 Å². The molecule has 6 heterocycles. The Morgan fingerprint density at radius 1 is 1.02 bits per heavy atom. The van der Waals surface area contributed by atoms with E-state index in [0.29, 0.717) is 84.4 Å². The van der Waals surface area contributed by atoms with Crippen molar-refractivity contribution < 1.29 is 19.1 Å². The number of carbonyl (C=O) groups excluding carboxylic acids is 2. The fourth-order valence-electron chi connectivity index (χ4n) is 9.37. The van der Waals surface area contributed by atoms with E-state index in [1.54, 1.807) is 24.0 Å². The Morgan fingerprint density at radius 2 is 1.78 bits per heavy atom. The van der Waals surface area contributed by atoms with Crippen molar-refractivity contribution in [2.45, 2.75) is 57.2 Å². The Kier molecular flexibility index (Phi) is 8.85. The molecule has 55 heavy (non-hydrogen) atoms. The number of piperazine rings is 1. The lowest BCUT2D eigenvalue weighted by Crippen LogP contribution is -2.57. The van der Waals surface area contributed by atoms with E-state index in [2.05, 4.69) is 39.8 Å². The summed E-state index contributed by atoms with van der Waals surface area (Å²) in [5.74, 6) is 1.39. The molecule has 0 radical (unpaired) electrons. The molecule has 4 saturated heterocycles. The predicted octanol–water partition coefficient (Wildman–Crippen LogP) is 4.61. The Morgan fingerprint density at radius 3 is 2.47 bits per heavy atom. The number of pyridine rings is 1. The zero-order valence-corrected chi connectivity index (χ0v) is 31.6. The number of amides is 2. The second-order valence-electron chi connectivity index (χ2n) is 15.9. The molecule has 1 aliphatic carbocycles. The summed E-state index contributed by atoms with van der Waals surface area (Å²) in [7, 11) is 4.12. The first-order chi connectivity index (χ1) is 26.6. The highest BCUT2D eigenvalue weighted by Gasteiger charge is 2.49. The van der Waals surface area contributed by atoms with Crippen LogP contribution >= 0.6 is 0 Å². The largest absolute Gasteiger partial charge is 0.508 e. The third-order valence-corrected chi connectivity index (χ3v) is 12.5. The van der Waals surface area contributed by atoms with Crippen LogP contribution in [0.5, 0.6) is 5.75 Å². The smallest absolute Gasteiger partial charge is 0.223 e. The Bertz CT molecular complexity index is 2390. The number of aromatic nitrogens is 3. The van der Waals surface area contributed by atoms with Crippen molar-refractivity contribution in [3.63, 3.8) is 0 Å². The molecule has 3 unspecified atom stereocenters. The Balaban J connectivity index is 1.24. The number of rotatable bonds is 9. The van der Waals surface area contributed by atoms with Crippen molar-refractivity contribution in [3.8, 4) is 22.9 Å². The van der Waals surface area contributed by atoms with Gasteiger partial charge in [-0.3, -0.25) is 9.59 Å². The number of anilines is 1. The molecule has 0 spiro atoms. The summed E-state index contributed by atoms with van der Waals surface area (Å²) < 4.78 is 20.1. The van der Waals surface area contributed by atoms with Crippen LogP contribution in [0.3, 0.4) is 0 Å². The summed E-state index contributed by atoms with van der Waals surface area (Å²) >= 11 is 0. The van der Waals surface area contributed by atoms with E-state index in [-0.39, 0.29) is 48.0 Å². The average molecular weight is 744 g/mol. The monoisotopic (exact) mass is 743 g/mol. The average Bonchev–Trinajstić information content (AvgIpc) is 3.89. The van der Waals surface area contributed by atoms with Crippen molar-refractivity contribution in [3.05, 3.63) is 59.7 Å². The molecular formula is C42H46FN9O3. The van der Waals surface area contributed by atoms with E-state index < -0.39 is 5.82 Å². The summed E-state index contributed by atoms with van der Waals surface area (Å²) in [5.41, 5.74) is 3.31. The summed E-state index contributed by atoms with van der Waals surface area (Å²) in [5, 5.41) is 26.5. The molecule has 3 aromatic carbocycles. The number of phenolic OH excluding ortho intramolecular Hbond substituents is 1.